The smallest absolute Gasteiger partial charge is 0.364 e. The Hall–Kier alpha value is -1.04. The minimum absolute atomic E-state index is 0.297. The Kier molecular flexibility index (Phi) is 6.29. The van der Waals surface area contributed by atoms with E-state index in [0.717, 1.165) is 25.7 Å². The summed E-state index contributed by atoms with van der Waals surface area (Å²) in [6.07, 6.45) is 6.41. The van der Waals surface area contributed by atoms with E-state index < -0.39 is 11.8 Å². The van der Waals surface area contributed by atoms with E-state index in [1.165, 1.54) is 17.4 Å². The van der Waals surface area contributed by atoms with Crippen molar-refractivity contribution in [1.29, 1.82) is 0 Å². The topological polar surface area (TPSA) is 55.8 Å². The van der Waals surface area contributed by atoms with Gasteiger partial charge in [0.25, 0.3) is 5.79 Å². The molecule has 0 bridgehead atoms. The molecule has 122 valence electrons. The van der Waals surface area contributed by atoms with Crippen molar-refractivity contribution < 1.29 is 19.4 Å². The number of carboxylic acids is 1. The molecule has 0 unspecified atom stereocenters. The van der Waals surface area contributed by atoms with Crippen LogP contribution in [0.5, 0.6) is 0 Å². The minimum atomic E-state index is -1.46. The molecule has 1 N–H and O–H groups in total. The fourth-order valence-electron chi connectivity index (χ4n) is 2.49. The summed E-state index contributed by atoms with van der Waals surface area (Å²) in [6.45, 7) is 2.39. The fourth-order valence-corrected chi connectivity index (χ4v) is 2.90. The Morgan fingerprint density at radius 2 is 1.91 bits per heavy atom. The number of carboxylic acid groups (broad SMARTS) is 1. The largest absolute Gasteiger partial charge is 0.477 e. The molecule has 0 atom stereocenters. The van der Waals surface area contributed by atoms with E-state index in [1.54, 1.807) is 11.8 Å². The number of aryl methyl sites for hydroxylation is 1. The van der Waals surface area contributed by atoms with Crippen molar-refractivity contribution in [3.8, 4) is 0 Å². The molecule has 0 aliphatic carbocycles. The van der Waals surface area contributed by atoms with Gasteiger partial charge >= 0.3 is 5.97 Å². The highest BCUT2D eigenvalue weighted by Gasteiger charge is 2.40. The molecule has 1 aliphatic rings. The van der Waals surface area contributed by atoms with E-state index >= 15 is 0 Å². The van der Waals surface area contributed by atoms with Crippen molar-refractivity contribution in [3.63, 3.8) is 0 Å². The molecular weight excluding hydrogens is 300 g/mol. The zero-order valence-electron chi connectivity index (χ0n) is 13.2. The number of thioether (sulfide) groups is 1. The molecule has 0 aromatic heterocycles. The molecule has 1 aromatic carbocycles. The number of carbonyl (C=O) groups is 1. The second-order valence-corrected chi connectivity index (χ2v) is 6.71. The first-order chi connectivity index (χ1) is 10.5. The van der Waals surface area contributed by atoms with Gasteiger partial charge in [0.2, 0.25) is 0 Å². The van der Waals surface area contributed by atoms with E-state index in [4.69, 9.17) is 14.6 Å². The van der Waals surface area contributed by atoms with Gasteiger partial charge in [0.1, 0.15) is 0 Å². The molecule has 1 aliphatic heterocycles. The van der Waals surface area contributed by atoms with E-state index in [9.17, 15) is 4.79 Å². The maximum absolute atomic E-state index is 11.0. The number of aliphatic carboxylic acids is 1. The maximum atomic E-state index is 11.0. The van der Waals surface area contributed by atoms with Crippen LogP contribution in [0.4, 0.5) is 0 Å². The molecule has 0 saturated carbocycles. The Morgan fingerprint density at radius 1 is 1.27 bits per heavy atom. The van der Waals surface area contributed by atoms with Gasteiger partial charge in [0.15, 0.2) is 0 Å². The molecule has 0 radical (unpaired) electrons. The molecule has 2 rings (SSSR count). The average Bonchev–Trinajstić information content (AvgIpc) is 2.54. The summed E-state index contributed by atoms with van der Waals surface area (Å²) in [4.78, 5) is 12.3. The van der Waals surface area contributed by atoms with Gasteiger partial charge in [-0.2, -0.15) is 0 Å². The zero-order valence-corrected chi connectivity index (χ0v) is 14.0. The van der Waals surface area contributed by atoms with Crippen LogP contribution in [0, 0.1) is 5.92 Å². The Morgan fingerprint density at radius 3 is 2.45 bits per heavy atom. The zero-order chi connectivity index (χ0) is 16.0. The first-order valence-corrected chi connectivity index (χ1v) is 8.90. The number of ether oxygens (including phenoxy) is 2. The van der Waals surface area contributed by atoms with Crippen LogP contribution in [0.2, 0.25) is 0 Å². The third-order valence-electron chi connectivity index (χ3n) is 4.06. The van der Waals surface area contributed by atoms with Crippen molar-refractivity contribution in [1.82, 2.24) is 0 Å². The van der Waals surface area contributed by atoms with Crippen LogP contribution in [0.1, 0.15) is 31.7 Å². The molecular formula is C17H24O4S. The summed E-state index contributed by atoms with van der Waals surface area (Å²) >= 11 is 1.76. The maximum Gasteiger partial charge on any atom is 0.364 e. The molecule has 4 nitrogen and oxygen atoms in total. The Balaban J connectivity index is 1.64. The molecule has 0 spiro atoms. The standard InChI is InChI=1S/C17H24O4S/c1-17(16(18)19)20-11-14(12-21-17)6-4-3-5-13-7-9-15(22-2)10-8-13/h7-10,14H,3-6,11-12H2,1-2H3,(H,18,19). The summed E-state index contributed by atoms with van der Waals surface area (Å²) in [5.74, 6) is -2.22. The number of rotatable bonds is 7. The number of hydrogen-bond donors (Lipinski definition) is 1. The first-order valence-electron chi connectivity index (χ1n) is 7.68. The SMILES string of the molecule is CSc1ccc(CCCCC2COC(C)(C(=O)O)OC2)cc1. The van der Waals surface area contributed by atoms with Crippen molar-refractivity contribution in [2.45, 2.75) is 43.3 Å². The van der Waals surface area contributed by atoms with Gasteiger partial charge in [-0.05, 0) is 43.2 Å². The lowest BCUT2D eigenvalue weighted by molar-refractivity contribution is -0.271. The molecule has 0 amide bonds. The molecule has 1 heterocycles. The van der Waals surface area contributed by atoms with Crippen LogP contribution >= 0.6 is 11.8 Å². The number of unbranched alkanes of at least 4 members (excludes halogenated alkanes) is 1. The third kappa shape index (κ3) is 4.73. The van der Waals surface area contributed by atoms with Gasteiger partial charge in [-0.1, -0.05) is 18.6 Å². The van der Waals surface area contributed by atoms with Crippen LogP contribution in [-0.4, -0.2) is 36.3 Å². The summed E-state index contributed by atoms with van der Waals surface area (Å²) in [5.41, 5.74) is 1.37. The van der Waals surface area contributed by atoms with E-state index in [-0.39, 0.29) is 0 Å². The van der Waals surface area contributed by atoms with E-state index in [2.05, 4.69) is 30.5 Å². The molecule has 22 heavy (non-hydrogen) atoms. The molecule has 5 heteroatoms. The monoisotopic (exact) mass is 324 g/mol. The van der Waals surface area contributed by atoms with Crippen molar-refractivity contribution >= 4 is 17.7 Å². The summed E-state index contributed by atoms with van der Waals surface area (Å²) in [6, 6.07) is 8.71. The highest BCUT2D eigenvalue weighted by atomic mass is 32.2. The van der Waals surface area contributed by atoms with Crippen molar-refractivity contribution in [2.75, 3.05) is 19.5 Å². The minimum Gasteiger partial charge on any atom is -0.477 e. The summed E-state index contributed by atoms with van der Waals surface area (Å²) in [7, 11) is 0. The quantitative estimate of drug-likeness (QED) is 0.613. The lowest BCUT2D eigenvalue weighted by atomic mass is 10.00. The van der Waals surface area contributed by atoms with Gasteiger partial charge < -0.3 is 14.6 Å². The third-order valence-corrected chi connectivity index (χ3v) is 4.81. The molecule has 1 saturated heterocycles. The Labute approximate surface area is 136 Å². The highest BCUT2D eigenvalue weighted by Crippen LogP contribution is 2.25. The highest BCUT2D eigenvalue weighted by molar-refractivity contribution is 7.98. The second-order valence-electron chi connectivity index (χ2n) is 5.83. The fraction of sp³-hybridized carbons (Fsp3) is 0.588. The van der Waals surface area contributed by atoms with Crippen LogP contribution in [-0.2, 0) is 20.7 Å². The van der Waals surface area contributed by atoms with Crippen LogP contribution in [0.15, 0.2) is 29.2 Å². The van der Waals surface area contributed by atoms with Gasteiger partial charge in [-0.15, -0.1) is 11.8 Å². The number of hydrogen-bond acceptors (Lipinski definition) is 4. The van der Waals surface area contributed by atoms with Gasteiger partial charge in [-0.25, -0.2) is 4.79 Å². The average molecular weight is 324 g/mol. The van der Waals surface area contributed by atoms with E-state index in [1.807, 2.05) is 0 Å². The van der Waals surface area contributed by atoms with Crippen molar-refractivity contribution in [3.05, 3.63) is 29.8 Å². The summed E-state index contributed by atoms with van der Waals surface area (Å²) in [5, 5.41) is 9.01. The predicted octanol–water partition coefficient (Wildman–Crippen LogP) is 3.59. The second kappa shape index (κ2) is 7.99. The van der Waals surface area contributed by atoms with Gasteiger partial charge in [-0.3, -0.25) is 0 Å². The van der Waals surface area contributed by atoms with E-state index in [0.29, 0.717) is 19.1 Å². The van der Waals surface area contributed by atoms with Gasteiger partial charge in [0, 0.05) is 17.7 Å². The van der Waals surface area contributed by atoms with Crippen LogP contribution in [0.25, 0.3) is 0 Å². The number of benzene rings is 1. The molecule has 1 aromatic rings. The van der Waals surface area contributed by atoms with Crippen LogP contribution < -0.4 is 0 Å². The van der Waals surface area contributed by atoms with Gasteiger partial charge in [0.05, 0.1) is 13.2 Å². The predicted molar refractivity (Wildman–Crippen MR) is 87.2 cm³/mol. The van der Waals surface area contributed by atoms with Crippen LogP contribution in [0.3, 0.4) is 0 Å². The lowest BCUT2D eigenvalue weighted by Crippen LogP contribution is -2.47. The molecule has 1 fully saturated rings. The normalized spacial score (nSPS) is 25.1. The first kappa shape index (κ1) is 17.3. The Bertz CT molecular complexity index is 478. The summed E-state index contributed by atoms with van der Waals surface area (Å²) < 4.78 is 10.7. The lowest BCUT2D eigenvalue weighted by Gasteiger charge is -2.34. The van der Waals surface area contributed by atoms with Crippen molar-refractivity contribution in [2.24, 2.45) is 5.92 Å².